The van der Waals surface area contributed by atoms with Gasteiger partial charge in [0.2, 0.25) is 0 Å². The minimum atomic E-state index is -0.278. The van der Waals surface area contributed by atoms with Crippen LogP contribution in [0.25, 0.3) is 0 Å². The van der Waals surface area contributed by atoms with Crippen LogP contribution in [0.4, 0.5) is 15.8 Å². The second-order valence-electron chi connectivity index (χ2n) is 5.14. The molecule has 0 aliphatic rings. The summed E-state index contributed by atoms with van der Waals surface area (Å²) in [5, 5.41) is 3.11. The van der Waals surface area contributed by atoms with Gasteiger partial charge in [-0.1, -0.05) is 13.3 Å². The maximum Gasteiger partial charge on any atom is 0.272 e. The number of aromatic nitrogens is 1. The number of anilines is 2. The molecule has 0 bridgehead atoms. The number of halogens is 1. The van der Waals surface area contributed by atoms with Gasteiger partial charge in [0.05, 0.1) is 11.9 Å². The van der Waals surface area contributed by atoms with Crippen LogP contribution in [0.15, 0.2) is 42.6 Å². The minimum absolute atomic E-state index is 0.0817. The van der Waals surface area contributed by atoms with Crippen molar-refractivity contribution in [3.05, 3.63) is 54.1 Å². The van der Waals surface area contributed by atoms with Gasteiger partial charge in [-0.15, -0.1) is 0 Å². The monoisotopic (exact) mass is 301 g/mol. The Labute approximate surface area is 130 Å². The van der Waals surface area contributed by atoms with Crippen LogP contribution >= 0.6 is 0 Å². The van der Waals surface area contributed by atoms with E-state index in [9.17, 15) is 9.18 Å². The van der Waals surface area contributed by atoms with Gasteiger partial charge >= 0.3 is 0 Å². The maximum absolute atomic E-state index is 12.8. The van der Waals surface area contributed by atoms with E-state index in [0.717, 1.165) is 30.8 Å². The Hall–Kier alpha value is -2.43. The third-order valence-electron chi connectivity index (χ3n) is 3.31. The molecule has 1 aromatic heterocycles. The minimum Gasteiger partial charge on any atom is -0.354 e. The summed E-state index contributed by atoms with van der Waals surface area (Å²) in [7, 11) is 1.78. The zero-order chi connectivity index (χ0) is 15.9. The normalized spacial score (nSPS) is 10.3. The number of unbranched alkanes of at least 4 members (excludes halogenated alkanes) is 1. The molecule has 0 radical (unpaired) electrons. The number of nitrogens with one attached hydrogen (secondary N) is 1. The lowest BCUT2D eigenvalue weighted by Gasteiger charge is -2.16. The summed E-state index contributed by atoms with van der Waals surface area (Å²) in [5.41, 5.74) is 1.94. The zero-order valence-corrected chi connectivity index (χ0v) is 12.8. The maximum atomic E-state index is 12.8. The van der Waals surface area contributed by atoms with Crippen molar-refractivity contribution in [2.24, 2.45) is 0 Å². The van der Waals surface area contributed by atoms with Crippen molar-refractivity contribution < 1.29 is 9.18 Å². The van der Waals surface area contributed by atoms with Crippen molar-refractivity contribution in [1.29, 1.82) is 0 Å². The van der Waals surface area contributed by atoms with E-state index in [2.05, 4.69) is 17.2 Å². The first-order valence-corrected chi connectivity index (χ1v) is 7.34. The van der Waals surface area contributed by atoms with E-state index >= 15 is 0 Å². The highest BCUT2D eigenvalue weighted by Gasteiger charge is 2.12. The molecule has 1 aromatic carbocycles. The van der Waals surface area contributed by atoms with Gasteiger partial charge in [0.25, 0.3) is 5.91 Å². The summed E-state index contributed by atoms with van der Waals surface area (Å²) in [6, 6.07) is 9.54. The van der Waals surface area contributed by atoms with Gasteiger partial charge in [0, 0.05) is 19.3 Å². The first kappa shape index (κ1) is 15.9. The Balaban J connectivity index is 2.00. The molecular weight excluding hydrogens is 281 g/mol. The molecule has 22 heavy (non-hydrogen) atoms. The van der Waals surface area contributed by atoms with E-state index in [1.807, 2.05) is 0 Å². The number of nitrogens with zero attached hydrogens (tertiary/aromatic N) is 2. The predicted molar refractivity (Wildman–Crippen MR) is 85.8 cm³/mol. The molecule has 0 unspecified atom stereocenters. The summed E-state index contributed by atoms with van der Waals surface area (Å²) in [4.78, 5) is 18.0. The van der Waals surface area contributed by atoms with Crippen molar-refractivity contribution in [3.63, 3.8) is 0 Å². The molecule has 2 rings (SSSR count). The fourth-order valence-electron chi connectivity index (χ4n) is 1.99. The van der Waals surface area contributed by atoms with Crippen molar-refractivity contribution in [1.82, 2.24) is 9.88 Å². The standard InChI is InChI=1S/C17H20FN3O/c1-3-4-11-21(2)17(22)16-10-9-15(12-19-16)20-14-7-5-13(18)6-8-14/h5-10,12,20H,3-4,11H2,1-2H3. The lowest BCUT2D eigenvalue weighted by atomic mass is 10.2. The van der Waals surface area contributed by atoms with Gasteiger partial charge in [-0.25, -0.2) is 9.37 Å². The lowest BCUT2D eigenvalue weighted by Crippen LogP contribution is -2.28. The third kappa shape index (κ3) is 4.28. The smallest absolute Gasteiger partial charge is 0.272 e. The molecule has 0 spiro atoms. The predicted octanol–water partition coefficient (Wildman–Crippen LogP) is 3.84. The van der Waals surface area contributed by atoms with Gasteiger partial charge in [0.15, 0.2) is 0 Å². The fourth-order valence-corrected chi connectivity index (χ4v) is 1.99. The number of hydrogen-bond donors (Lipinski definition) is 1. The van der Waals surface area contributed by atoms with Crippen LogP contribution in [-0.2, 0) is 0 Å². The van der Waals surface area contributed by atoms with Crippen LogP contribution in [0.1, 0.15) is 30.3 Å². The zero-order valence-electron chi connectivity index (χ0n) is 12.8. The molecule has 116 valence electrons. The summed E-state index contributed by atoms with van der Waals surface area (Å²) in [5.74, 6) is -0.360. The van der Waals surface area contributed by atoms with Crippen molar-refractivity contribution >= 4 is 17.3 Å². The van der Waals surface area contributed by atoms with Gasteiger partial charge < -0.3 is 10.2 Å². The molecule has 0 aliphatic heterocycles. The summed E-state index contributed by atoms with van der Waals surface area (Å²) in [6.07, 6.45) is 3.63. The Morgan fingerprint density at radius 1 is 1.18 bits per heavy atom. The van der Waals surface area contributed by atoms with Crippen LogP contribution in [0, 0.1) is 5.82 Å². The number of amides is 1. The van der Waals surface area contributed by atoms with Crippen LogP contribution in [0.5, 0.6) is 0 Å². The second-order valence-corrected chi connectivity index (χ2v) is 5.14. The van der Waals surface area contributed by atoms with Crippen molar-refractivity contribution in [3.8, 4) is 0 Å². The van der Waals surface area contributed by atoms with E-state index in [0.29, 0.717) is 5.69 Å². The topological polar surface area (TPSA) is 45.2 Å². The first-order valence-electron chi connectivity index (χ1n) is 7.34. The number of pyridine rings is 1. The van der Waals surface area contributed by atoms with Crippen LogP contribution < -0.4 is 5.32 Å². The Morgan fingerprint density at radius 2 is 1.86 bits per heavy atom. The largest absolute Gasteiger partial charge is 0.354 e. The van der Waals surface area contributed by atoms with Crippen molar-refractivity contribution in [2.75, 3.05) is 18.9 Å². The second kappa shape index (κ2) is 7.54. The molecule has 2 aromatic rings. The number of benzene rings is 1. The van der Waals surface area contributed by atoms with Gasteiger partial charge in [-0.3, -0.25) is 4.79 Å². The number of hydrogen-bond acceptors (Lipinski definition) is 3. The van der Waals surface area contributed by atoms with E-state index in [1.54, 1.807) is 42.4 Å². The molecule has 1 amide bonds. The Bertz CT molecular complexity index is 611. The molecule has 1 N–H and O–H groups in total. The van der Waals surface area contributed by atoms with Gasteiger partial charge in [-0.05, 0) is 42.8 Å². The molecule has 4 nitrogen and oxygen atoms in total. The third-order valence-corrected chi connectivity index (χ3v) is 3.31. The molecule has 1 heterocycles. The summed E-state index contributed by atoms with van der Waals surface area (Å²) < 4.78 is 12.8. The average Bonchev–Trinajstić information content (AvgIpc) is 2.55. The first-order chi connectivity index (χ1) is 10.6. The van der Waals surface area contributed by atoms with Crippen LogP contribution in [0.2, 0.25) is 0 Å². The molecule has 0 fully saturated rings. The molecule has 0 atom stereocenters. The van der Waals surface area contributed by atoms with E-state index in [4.69, 9.17) is 0 Å². The Kier molecular flexibility index (Phi) is 5.47. The highest BCUT2D eigenvalue weighted by molar-refractivity contribution is 5.92. The van der Waals surface area contributed by atoms with E-state index in [-0.39, 0.29) is 11.7 Å². The van der Waals surface area contributed by atoms with E-state index < -0.39 is 0 Å². The van der Waals surface area contributed by atoms with Gasteiger partial charge in [-0.2, -0.15) is 0 Å². The number of carbonyl (C=O) groups is 1. The SMILES string of the molecule is CCCCN(C)C(=O)c1ccc(Nc2ccc(F)cc2)cn1. The van der Waals surface area contributed by atoms with Crippen LogP contribution in [-0.4, -0.2) is 29.4 Å². The Morgan fingerprint density at radius 3 is 2.45 bits per heavy atom. The van der Waals surface area contributed by atoms with E-state index in [1.165, 1.54) is 12.1 Å². The van der Waals surface area contributed by atoms with Gasteiger partial charge in [0.1, 0.15) is 11.5 Å². The van der Waals surface area contributed by atoms with Crippen LogP contribution in [0.3, 0.4) is 0 Å². The molecule has 5 heteroatoms. The molecule has 0 saturated carbocycles. The lowest BCUT2D eigenvalue weighted by molar-refractivity contribution is 0.0787. The highest BCUT2D eigenvalue weighted by atomic mass is 19.1. The fraction of sp³-hybridized carbons (Fsp3) is 0.294. The molecule has 0 aliphatic carbocycles. The summed E-state index contributed by atoms with van der Waals surface area (Å²) >= 11 is 0. The average molecular weight is 301 g/mol. The number of carbonyl (C=O) groups excluding carboxylic acids is 1. The number of rotatable bonds is 6. The highest BCUT2D eigenvalue weighted by Crippen LogP contribution is 2.16. The quantitative estimate of drug-likeness (QED) is 0.882. The molecular formula is C17H20FN3O. The molecule has 0 saturated heterocycles. The summed E-state index contributed by atoms with van der Waals surface area (Å²) in [6.45, 7) is 2.82. The van der Waals surface area contributed by atoms with Crippen molar-refractivity contribution in [2.45, 2.75) is 19.8 Å².